The lowest BCUT2D eigenvalue weighted by atomic mass is 10.0. The number of alkyl carbamates (subject to hydrolysis) is 1. The quantitative estimate of drug-likeness (QED) is 0.268. The third kappa shape index (κ3) is 9.94. The van der Waals surface area contributed by atoms with E-state index in [1.165, 1.54) is 17.0 Å². The van der Waals surface area contributed by atoms with Crippen molar-refractivity contribution in [3.05, 3.63) is 29.8 Å². The molecule has 0 fully saturated rings. The van der Waals surface area contributed by atoms with Crippen LogP contribution in [-0.4, -0.2) is 58.4 Å². The van der Waals surface area contributed by atoms with Gasteiger partial charge in [-0.2, -0.15) is 12.6 Å². The minimum absolute atomic E-state index is 0.0421. The molecule has 0 heterocycles. The fraction of sp³-hybridized carbons (Fsp3) is 0.625. The van der Waals surface area contributed by atoms with Gasteiger partial charge in [-0.3, -0.25) is 9.59 Å². The number of nitrogens with one attached hydrogen (secondary N) is 2. The van der Waals surface area contributed by atoms with Gasteiger partial charge in [-0.05, 0) is 51.3 Å². The molecule has 0 radical (unpaired) electrons. The number of amides is 3. The summed E-state index contributed by atoms with van der Waals surface area (Å²) in [6.07, 6.45) is 2.50. The Labute approximate surface area is 202 Å². The normalized spacial score (nSPS) is 13.0. The number of hydrogen-bond donors (Lipinski definition) is 4. The zero-order chi connectivity index (χ0) is 25.0. The van der Waals surface area contributed by atoms with E-state index < -0.39 is 29.7 Å². The van der Waals surface area contributed by atoms with Crippen LogP contribution >= 0.6 is 12.6 Å². The zero-order valence-corrected chi connectivity index (χ0v) is 21.3. The molecule has 1 aromatic rings. The van der Waals surface area contributed by atoms with E-state index >= 15 is 0 Å². The van der Waals surface area contributed by atoms with Crippen LogP contribution in [0.4, 0.5) is 4.79 Å². The van der Waals surface area contributed by atoms with Crippen LogP contribution in [0.1, 0.15) is 71.9 Å². The van der Waals surface area contributed by atoms with Crippen LogP contribution in [0.25, 0.3) is 0 Å². The number of ether oxygens (including phenoxy) is 1. The minimum atomic E-state index is -0.969. The molecule has 0 saturated heterocycles. The highest BCUT2D eigenvalue weighted by molar-refractivity contribution is 7.80. The lowest BCUT2D eigenvalue weighted by Gasteiger charge is -2.34. The first kappa shape index (κ1) is 28.6. The van der Waals surface area contributed by atoms with E-state index in [4.69, 9.17) is 4.74 Å². The summed E-state index contributed by atoms with van der Waals surface area (Å²) in [5.74, 6) is -0.627. The molecule has 0 aliphatic heterocycles. The predicted molar refractivity (Wildman–Crippen MR) is 132 cm³/mol. The standard InChI is InChI=1S/C24H39N3O5S/c1-6-8-14-25-21(29)20(17-10-12-18(28)13-11-17)27(15-9-7-2)22(30)19(16-33)26-23(31)32-24(3,4)5/h10-13,19-20,28,33H,6-9,14-16H2,1-5H3,(H,25,29)(H,26,31). The molecule has 186 valence electrons. The number of phenols is 1. The summed E-state index contributed by atoms with van der Waals surface area (Å²) in [4.78, 5) is 40.6. The first-order chi connectivity index (χ1) is 15.5. The summed E-state index contributed by atoms with van der Waals surface area (Å²) in [6.45, 7) is 10.0. The van der Waals surface area contributed by atoms with Gasteiger partial charge in [0.2, 0.25) is 11.8 Å². The Bertz CT molecular complexity index is 764. The molecule has 3 N–H and O–H groups in total. The van der Waals surface area contributed by atoms with Gasteiger partial charge in [-0.1, -0.05) is 38.8 Å². The van der Waals surface area contributed by atoms with E-state index in [2.05, 4.69) is 23.3 Å². The van der Waals surface area contributed by atoms with Gasteiger partial charge in [0.25, 0.3) is 0 Å². The summed E-state index contributed by atoms with van der Waals surface area (Å²) < 4.78 is 5.29. The van der Waals surface area contributed by atoms with Gasteiger partial charge in [-0.25, -0.2) is 4.79 Å². The molecule has 3 amide bonds. The van der Waals surface area contributed by atoms with Crippen molar-refractivity contribution in [2.24, 2.45) is 0 Å². The molecule has 0 saturated carbocycles. The number of phenolic OH excluding ortho intramolecular Hbond substituents is 1. The molecule has 0 spiro atoms. The van der Waals surface area contributed by atoms with Crippen molar-refractivity contribution in [3.63, 3.8) is 0 Å². The summed E-state index contributed by atoms with van der Waals surface area (Å²) in [5.41, 5.74) is -0.148. The van der Waals surface area contributed by atoms with Gasteiger partial charge < -0.3 is 25.4 Å². The van der Waals surface area contributed by atoms with Gasteiger partial charge in [0.15, 0.2) is 0 Å². The number of carbonyl (C=O) groups is 3. The van der Waals surface area contributed by atoms with Crippen molar-refractivity contribution in [2.75, 3.05) is 18.8 Å². The minimum Gasteiger partial charge on any atom is -0.508 e. The molecule has 33 heavy (non-hydrogen) atoms. The number of rotatable bonds is 12. The van der Waals surface area contributed by atoms with Crippen LogP contribution in [0.2, 0.25) is 0 Å². The Morgan fingerprint density at radius 3 is 2.21 bits per heavy atom. The van der Waals surface area contributed by atoms with E-state index in [-0.39, 0.29) is 17.4 Å². The molecular weight excluding hydrogens is 442 g/mol. The Balaban J connectivity index is 3.28. The average Bonchev–Trinajstić information content (AvgIpc) is 2.74. The van der Waals surface area contributed by atoms with Crippen LogP contribution in [0, 0.1) is 0 Å². The first-order valence-electron chi connectivity index (χ1n) is 11.5. The molecule has 0 bridgehead atoms. The maximum Gasteiger partial charge on any atom is 0.408 e. The predicted octanol–water partition coefficient (Wildman–Crippen LogP) is 3.80. The Morgan fingerprint density at radius 1 is 1.09 bits per heavy atom. The molecule has 0 aromatic heterocycles. The largest absolute Gasteiger partial charge is 0.508 e. The molecule has 8 nitrogen and oxygen atoms in total. The molecule has 0 aliphatic carbocycles. The fourth-order valence-corrected chi connectivity index (χ4v) is 3.39. The second-order valence-corrected chi connectivity index (χ2v) is 9.27. The van der Waals surface area contributed by atoms with Gasteiger partial charge in [0.1, 0.15) is 23.4 Å². The second kappa shape index (κ2) is 14.0. The van der Waals surface area contributed by atoms with Gasteiger partial charge >= 0.3 is 6.09 Å². The highest BCUT2D eigenvalue weighted by Gasteiger charge is 2.35. The van der Waals surface area contributed by atoms with E-state index in [1.807, 2.05) is 13.8 Å². The lowest BCUT2D eigenvalue weighted by Crippen LogP contribution is -2.54. The number of carbonyl (C=O) groups excluding carboxylic acids is 3. The van der Waals surface area contributed by atoms with Crippen molar-refractivity contribution in [2.45, 2.75) is 78.0 Å². The highest BCUT2D eigenvalue weighted by atomic mass is 32.1. The average molecular weight is 482 g/mol. The first-order valence-corrected chi connectivity index (χ1v) is 12.1. The molecule has 2 atom stereocenters. The van der Waals surface area contributed by atoms with E-state index in [9.17, 15) is 19.5 Å². The van der Waals surface area contributed by atoms with Crippen molar-refractivity contribution < 1.29 is 24.2 Å². The number of aromatic hydroxyl groups is 1. The number of nitrogens with zero attached hydrogens (tertiary/aromatic N) is 1. The van der Waals surface area contributed by atoms with Crippen LogP contribution < -0.4 is 10.6 Å². The third-order valence-electron chi connectivity index (χ3n) is 4.81. The van der Waals surface area contributed by atoms with E-state index in [0.29, 0.717) is 25.1 Å². The van der Waals surface area contributed by atoms with Gasteiger partial charge in [0.05, 0.1) is 0 Å². The summed E-state index contributed by atoms with van der Waals surface area (Å²) in [6, 6.07) is 4.34. The van der Waals surface area contributed by atoms with Gasteiger partial charge in [0, 0.05) is 18.8 Å². The maximum atomic E-state index is 13.6. The van der Waals surface area contributed by atoms with Crippen LogP contribution in [0.5, 0.6) is 5.75 Å². The molecule has 1 aromatic carbocycles. The number of benzene rings is 1. The Hall–Kier alpha value is -2.42. The molecule has 1 rings (SSSR count). The Morgan fingerprint density at radius 2 is 1.70 bits per heavy atom. The maximum absolute atomic E-state index is 13.6. The lowest BCUT2D eigenvalue weighted by molar-refractivity contribution is -0.142. The summed E-state index contributed by atoms with van der Waals surface area (Å²) in [5, 5.41) is 15.2. The Kier molecular flexibility index (Phi) is 12.1. The van der Waals surface area contributed by atoms with Crippen LogP contribution in [-0.2, 0) is 14.3 Å². The fourth-order valence-electron chi connectivity index (χ4n) is 3.14. The summed E-state index contributed by atoms with van der Waals surface area (Å²) >= 11 is 4.27. The third-order valence-corrected chi connectivity index (χ3v) is 5.17. The zero-order valence-electron chi connectivity index (χ0n) is 20.4. The highest BCUT2D eigenvalue weighted by Crippen LogP contribution is 2.25. The van der Waals surface area contributed by atoms with Crippen LogP contribution in [0.15, 0.2) is 24.3 Å². The van der Waals surface area contributed by atoms with Crippen LogP contribution in [0.3, 0.4) is 0 Å². The van der Waals surface area contributed by atoms with E-state index in [1.54, 1.807) is 32.9 Å². The van der Waals surface area contributed by atoms with Gasteiger partial charge in [-0.15, -0.1) is 0 Å². The van der Waals surface area contributed by atoms with Crippen molar-refractivity contribution in [1.29, 1.82) is 0 Å². The molecule has 0 aliphatic rings. The second-order valence-electron chi connectivity index (χ2n) is 8.91. The van der Waals surface area contributed by atoms with Crippen molar-refractivity contribution in [3.8, 4) is 5.75 Å². The molecule has 2 unspecified atom stereocenters. The smallest absolute Gasteiger partial charge is 0.408 e. The van der Waals surface area contributed by atoms with E-state index in [0.717, 1.165) is 19.3 Å². The topological polar surface area (TPSA) is 108 Å². The summed E-state index contributed by atoms with van der Waals surface area (Å²) in [7, 11) is 0. The molecular formula is C24H39N3O5S. The number of unbranched alkanes of at least 4 members (excludes halogenated alkanes) is 2. The number of hydrogen-bond acceptors (Lipinski definition) is 6. The van der Waals surface area contributed by atoms with Crippen molar-refractivity contribution >= 4 is 30.5 Å². The molecule has 9 heteroatoms. The van der Waals surface area contributed by atoms with Crippen molar-refractivity contribution in [1.82, 2.24) is 15.5 Å². The monoisotopic (exact) mass is 481 g/mol. The SMILES string of the molecule is CCCCNC(=O)C(c1ccc(O)cc1)N(CCCC)C(=O)C(CS)NC(=O)OC(C)(C)C. The number of thiol groups is 1.